The van der Waals surface area contributed by atoms with Crippen LogP contribution in [-0.4, -0.2) is 23.3 Å². The molecule has 0 aromatic carbocycles. The van der Waals surface area contributed by atoms with Crippen LogP contribution in [0.3, 0.4) is 0 Å². The Morgan fingerprint density at radius 3 is 2.17 bits per heavy atom. The number of hydrogen-bond acceptors (Lipinski definition) is 2. The number of likely N-dealkylation sites (N-methyl/N-ethyl adjacent to an activating group) is 1. The fourth-order valence-corrected chi connectivity index (χ4v) is 1.35. The summed E-state index contributed by atoms with van der Waals surface area (Å²) in [7, 11) is 0. The highest BCUT2D eigenvalue weighted by molar-refractivity contribution is 4.88. The SMILES string of the molecule is CCNC(C)C(C)(O)C(C)CC. The molecule has 2 heteroatoms. The van der Waals surface area contributed by atoms with Crippen molar-refractivity contribution in [2.75, 3.05) is 6.54 Å². The van der Waals surface area contributed by atoms with Crippen LogP contribution in [-0.2, 0) is 0 Å². The van der Waals surface area contributed by atoms with E-state index in [0.29, 0.717) is 5.92 Å². The summed E-state index contributed by atoms with van der Waals surface area (Å²) in [6.07, 6.45) is 1.02. The van der Waals surface area contributed by atoms with Crippen molar-refractivity contribution in [3.05, 3.63) is 0 Å². The fourth-order valence-electron chi connectivity index (χ4n) is 1.35. The minimum Gasteiger partial charge on any atom is -0.388 e. The molecular weight excluding hydrogens is 150 g/mol. The Labute approximate surface area is 76.4 Å². The van der Waals surface area contributed by atoms with Gasteiger partial charge in [-0.15, -0.1) is 0 Å². The van der Waals surface area contributed by atoms with Crippen LogP contribution in [0.2, 0.25) is 0 Å². The Morgan fingerprint density at radius 2 is 1.83 bits per heavy atom. The van der Waals surface area contributed by atoms with Crippen molar-refractivity contribution in [2.24, 2.45) is 5.92 Å². The topological polar surface area (TPSA) is 32.3 Å². The lowest BCUT2D eigenvalue weighted by Crippen LogP contribution is -2.50. The van der Waals surface area contributed by atoms with Crippen LogP contribution in [0.15, 0.2) is 0 Å². The molecule has 12 heavy (non-hydrogen) atoms. The van der Waals surface area contributed by atoms with E-state index in [4.69, 9.17) is 0 Å². The molecule has 0 radical (unpaired) electrons. The molecule has 2 N–H and O–H groups in total. The van der Waals surface area contributed by atoms with Gasteiger partial charge in [0.05, 0.1) is 5.60 Å². The van der Waals surface area contributed by atoms with Crippen molar-refractivity contribution < 1.29 is 5.11 Å². The van der Waals surface area contributed by atoms with Gasteiger partial charge in [0, 0.05) is 6.04 Å². The van der Waals surface area contributed by atoms with Crippen molar-refractivity contribution in [1.29, 1.82) is 0 Å². The normalized spacial score (nSPS) is 21.5. The quantitative estimate of drug-likeness (QED) is 0.664. The average Bonchev–Trinajstić information content (AvgIpc) is 2.03. The second-order valence-electron chi connectivity index (χ2n) is 3.81. The van der Waals surface area contributed by atoms with Crippen molar-refractivity contribution >= 4 is 0 Å². The second-order valence-corrected chi connectivity index (χ2v) is 3.81. The summed E-state index contributed by atoms with van der Waals surface area (Å²) in [5.41, 5.74) is -0.592. The predicted molar refractivity (Wildman–Crippen MR) is 53.2 cm³/mol. The van der Waals surface area contributed by atoms with E-state index in [-0.39, 0.29) is 6.04 Å². The third kappa shape index (κ3) is 2.76. The molecule has 2 nitrogen and oxygen atoms in total. The van der Waals surface area contributed by atoms with Crippen molar-refractivity contribution in [2.45, 2.75) is 52.7 Å². The molecule has 74 valence electrons. The number of rotatable bonds is 5. The van der Waals surface area contributed by atoms with Crippen LogP contribution in [0.25, 0.3) is 0 Å². The summed E-state index contributed by atoms with van der Waals surface area (Å²) in [5.74, 6) is 0.339. The van der Waals surface area contributed by atoms with Gasteiger partial charge >= 0.3 is 0 Å². The first-order valence-electron chi connectivity index (χ1n) is 4.92. The van der Waals surface area contributed by atoms with Gasteiger partial charge in [0.25, 0.3) is 0 Å². The Hall–Kier alpha value is -0.0800. The van der Waals surface area contributed by atoms with E-state index in [2.05, 4.69) is 26.1 Å². The fraction of sp³-hybridized carbons (Fsp3) is 1.00. The maximum absolute atomic E-state index is 10.1. The maximum Gasteiger partial charge on any atom is 0.0794 e. The van der Waals surface area contributed by atoms with Gasteiger partial charge in [-0.1, -0.05) is 27.2 Å². The van der Waals surface area contributed by atoms with Crippen LogP contribution in [0, 0.1) is 5.92 Å². The largest absolute Gasteiger partial charge is 0.388 e. The van der Waals surface area contributed by atoms with Crippen LogP contribution < -0.4 is 5.32 Å². The van der Waals surface area contributed by atoms with Gasteiger partial charge in [0.1, 0.15) is 0 Å². The number of hydrogen-bond donors (Lipinski definition) is 2. The van der Waals surface area contributed by atoms with Gasteiger partial charge in [0.2, 0.25) is 0 Å². The van der Waals surface area contributed by atoms with Crippen LogP contribution in [0.5, 0.6) is 0 Å². The van der Waals surface area contributed by atoms with E-state index < -0.39 is 5.60 Å². The van der Waals surface area contributed by atoms with Crippen molar-refractivity contribution in [1.82, 2.24) is 5.32 Å². The first-order valence-corrected chi connectivity index (χ1v) is 4.92. The highest BCUT2D eigenvalue weighted by atomic mass is 16.3. The second kappa shape index (κ2) is 4.83. The van der Waals surface area contributed by atoms with E-state index in [9.17, 15) is 5.11 Å². The third-order valence-electron chi connectivity index (χ3n) is 3.00. The van der Waals surface area contributed by atoms with E-state index in [1.54, 1.807) is 0 Å². The molecule has 0 aromatic heterocycles. The monoisotopic (exact) mass is 173 g/mol. The highest BCUT2D eigenvalue weighted by Crippen LogP contribution is 2.23. The molecular formula is C10H23NO. The zero-order valence-electron chi connectivity index (χ0n) is 9.02. The molecule has 0 fully saturated rings. The molecule has 0 rings (SSSR count). The Bertz CT molecular complexity index is 123. The molecule has 0 spiro atoms. The number of aliphatic hydroxyl groups is 1. The van der Waals surface area contributed by atoms with E-state index in [1.807, 2.05) is 13.8 Å². The van der Waals surface area contributed by atoms with Gasteiger partial charge < -0.3 is 10.4 Å². The first kappa shape index (κ1) is 11.9. The summed E-state index contributed by atoms with van der Waals surface area (Å²) in [6.45, 7) is 11.1. The smallest absolute Gasteiger partial charge is 0.0794 e. The van der Waals surface area contributed by atoms with Gasteiger partial charge in [0.15, 0.2) is 0 Å². The van der Waals surface area contributed by atoms with Crippen molar-refractivity contribution in [3.63, 3.8) is 0 Å². The molecule has 0 aliphatic heterocycles. The van der Waals surface area contributed by atoms with Crippen LogP contribution >= 0.6 is 0 Å². The molecule has 0 aliphatic carbocycles. The average molecular weight is 173 g/mol. The summed E-state index contributed by atoms with van der Waals surface area (Å²) in [4.78, 5) is 0. The molecule has 0 saturated carbocycles. The molecule has 0 saturated heterocycles. The highest BCUT2D eigenvalue weighted by Gasteiger charge is 2.32. The molecule has 0 bridgehead atoms. The molecule has 3 atom stereocenters. The molecule has 0 heterocycles. The Kier molecular flexibility index (Phi) is 4.80. The molecule has 0 aliphatic rings. The van der Waals surface area contributed by atoms with Crippen molar-refractivity contribution in [3.8, 4) is 0 Å². The van der Waals surface area contributed by atoms with Crippen LogP contribution in [0.4, 0.5) is 0 Å². The standard InChI is InChI=1S/C10H23NO/c1-6-8(3)10(5,12)9(4)11-7-2/h8-9,11-12H,6-7H2,1-5H3. The zero-order valence-corrected chi connectivity index (χ0v) is 9.02. The summed E-state index contributed by atoms with van der Waals surface area (Å²) < 4.78 is 0. The summed E-state index contributed by atoms with van der Waals surface area (Å²) >= 11 is 0. The van der Waals surface area contributed by atoms with E-state index in [1.165, 1.54) is 0 Å². The zero-order chi connectivity index (χ0) is 9.78. The van der Waals surface area contributed by atoms with Gasteiger partial charge in [-0.05, 0) is 26.3 Å². The van der Waals surface area contributed by atoms with Crippen LogP contribution in [0.1, 0.15) is 41.0 Å². The lowest BCUT2D eigenvalue weighted by molar-refractivity contribution is -0.0242. The van der Waals surface area contributed by atoms with Gasteiger partial charge in [-0.2, -0.15) is 0 Å². The molecule has 3 unspecified atom stereocenters. The lowest BCUT2D eigenvalue weighted by atomic mass is 9.83. The van der Waals surface area contributed by atoms with E-state index in [0.717, 1.165) is 13.0 Å². The maximum atomic E-state index is 10.1. The summed E-state index contributed by atoms with van der Waals surface area (Å²) in [5, 5.41) is 13.4. The molecule has 0 amide bonds. The van der Waals surface area contributed by atoms with Gasteiger partial charge in [-0.25, -0.2) is 0 Å². The Balaban J connectivity index is 4.16. The lowest BCUT2D eigenvalue weighted by Gasteiger charge is -2.36. The summed E-state index contributed by atoms with van der Waals surface area (Å²) in [6, 6.07) is 0.164. The number of nitrogens with one attached hydrogen (secondary N) is 1. The minimum absolute atomic E-state index is 0.164. The molecule has 0 aromatic rings. The first-order chi connectivity index (χ1) is 5.46. The predicted octanol–water partition coefficient (Wildman–Crippen LogP) is 1.78. The third-order valence-corrected chi connectivity index (χ3v) is 3.00. The van der Waals surface area contributed by atoms with Gasteiger partial charge in [-0.3, -0.25) is 0 Å². The minimum atomic E-state index is -0.592. The Morgan fingerprint density at radius 1 is 1.33 bits per heavy atom. The van der Waals surface area contributed by atoms with E-state index >= 15 is 0 Å².